The van der Waals surface area contributed by atoms with Crippen molar-refractivity contribution in [2.24, 2.45) is 5.73 Å². The fourth-order valence-electron chi connectivity index (χ4n) is 1.67. The van der Waals surface area contributed by atoms with Gasteiger partial charge in [0.05, 0.1) is 5.69 Å². The third-order valence-electron chi connectivity index (χ3n) is 2.60. The Morgan fingerprint density at radius 2 is 2.11 bits per heavy atom. The molecule has 7 heteroatoms. The van der Waals surface area contributed by atoms with E-state index in [0.717, 1.165) is 12.0 Å². The number of aromatic carboxylic acids is 1. The lowest BCUT2D eigenvalue weighted by atomic mass is 10.2. The Morgan fingerprint density at radius 1 is 1.39 bits per heavy atom. The third kappa shape index (κ3) is 2.51. The lowest BCUT2D eigenvalue weighted by molar-refractivity contribution is 0.0689. The van der Waals surface area contributed by atoms with E-state index in [1.54, 1.807) is 12.4 Å². The smallest absolute Gasteiger partial charge is 0.358 e. The highest BCUT2D eigenvalue weighted by Gasteiger charge is 2.17. The summed E-state index contributed by atoms with van der Waals surface area (Å²) in [6, 6.07) is 3.80. The van der Waals surface area contributed by atoms with E-state index in [1.807, 2.05) is 12.1 Å². The zero-order valence-corrected chi connectivity index (χ0v) is 9.65. The predicted octanol–water partition coefficient (Wildman–Crippen LogP) is 0.0727. The molecule has 0 aromatic carbocycles. The number of hydrogen-bond acceptors (Lipinski definition) is 5. The molecule has 0 unspecified atom stereocenters. The number of carboxylic acid groups (broad SMARTS) is 1. The maximum atomic E-state index is 10.9. The van der Waals surface area contributed by atoms with E-state index < -0.39 is 5.97 Å². The highest BCUT2D eigenvalue weighted by Crippen LogP contribution is 2.07. The van der Waals surface area contributed by atoms with Crippen LogP contribution in [-0.2, 0) is 19.5 Å². The van der Waals surface area contributed by atoms with Crippen molar-refractivity contribution >= 4 is 5.97 Å². The molecule has 94 valence electrons. The molecular formula is C11H13N5O2. The first-order valence-electron chi connectivity index (χ1n) is 5.47. The topological polar surface area (TPSA) is 107 Å². The summed E-state index contributed by atoms with van der Waals surface area (Å²) in [6.45, 7) is 0.641. The monoisotopic (exact) mass is 247 g/mol. The van der Waals surface area contributed by atoms with Crippen molar-refractivity contribution in [3.05, 3.63) is 41.5 Å². The highest BCUT2D eigenvalue weighted by atomic mass is 16.4. The fraction of sp³-hybridized carbons (Fsp3) is 0.273. The van der Waals surface area contributed by atoms with Gasteiger partial charge >= 0.3 is 5.97 Å². The summed E-state index contributed by atoms with van der Waals surface area (Å²) in [4.78, 5) is 14.8. The van der Waals surface area contributed by atoms with Crippen molar-refractivity contribution in [1.82, 2.24) is 20.0 Å². The summed E-state index contributed by atoms with van der Waals surface area (Å²) < 4.78 is 1.53. The first kappa shape index (κ1) is 12.2. The summed E-state index contributed by atoms with van der Waals surface area (Å²) in [6.07, 6.45) is 4.14. The Hall–Kier alpha value is -2.28. The number of carbonyl (C=O) groups is 1. The minimum absolute atomic E-state index is 0.0766. The molecule has 2 rings (SSSR count). The van der Waals surface area contributed by atoms with Crippen molar-refractivity contribution < 1.29 is 9.90 Å². The summed E-state index contributed by atoms with van der Waals surface area (Å²) >= 11 is 0. The number of nitrogens with two attached hydrogens (primary N) is 1. The quantitative estimate of drug-likeness (QED) is 0.774. The zero-order chi connectivity index (χ0) is 13.0. The molecule has 0 bridgehead atoms. The number of carboxylic acids is 1. The minimum Gasteiger partial charge on any atom is -0.476 e. The van der Waals surface area contributed by atoms with Gasteiger partial charge in [-0.1, -0.05) is 5.21 Å². The number of aryl methyl sites for hydroxylation is 2. The van der Waals surface area contributed by atoms with Gasteiger partial charge < -0.3 is 10.8 Å². The summed E-state index contributed by atoms with van der Waals surface area (Å²) in [5.41, 5.74) is 6.99. The second kappa shape index (κ2) is 5.37. The molecular weight excluding hydrogens is 234 g/mol. The van der Waals surface area contributed by atoms with Crippen LogP contribution in [0.25, 0.3) is 0 Å². The van der Waals surface area contributed by atoms with Gasteiger partial charge in [0.25, 0.3) is 0 Å². The molecule has 2 aromatic heterocycles. The van der Waals surface area contributed by atoms with Crippen LogP contribution in [0.15, 0.2) is 24.5 Å². The second-order valence-electron chi connectivity index (χ2n) is 3.72. The lowest BCUT2D eigenvalue weighted by Gasteiger charge is -2.04. The van der Waals surface area contributed by atoms with Gasteiger partial charge in [-0.15, -0.1) is 5.10 Å². The molecule has 0 aliphatic carbocycles. The highest BCUT2D eigenvalue weighted by molar-refractivity contribution is 5.86. The van der Waals surface area contributed by atoms with Gasteiger partial charge in [-0.3, -0.25) is 4.98 Å². The minimum atomic E-state index is -1.11. The van der Waals surface area contributed by atoms with Gasteiger partial charge in [-0.25, -0.2) is 9.48 Å². The normalized spacial score (nSPS) is 10.5. The molecule has 0 radical (unpaired) electrons. The molecule has 0 atom stereocenters. The molecule has 0 saturated heterocycles. The van der Waals surface area contributed by atoms with Crippen LogP contribution in [0.1, 0.15) is 21.7 Å². The fourth-order valence-corrected chi connectivity index (χ4v) is 1.67. The zero-order valence-electron chi connectivity index (χ0n) is 9.65. The van der Waals surface area contributed by atoms with Crippen LogP contribution >= 0.6 is 0 Å². The van der Waals surface area contributed by atoms with Crippen LogP contribution in [0.3, 0.4) is 0 Å². The van der Waals surface area contributed by atoms with Crippen molar-refractivity contribution in [3.8, 4) is 0 Å². The molecule has 3 N–H and O–H groups in total. The van der Waals surface area contributed by atoms with Gasteiger partial charge in [0.15, 0.2) is 5.69 Å². The van der Waals surface area contributed by atoms with E-state index in [9.17, 15) is 4.79 Å². The SMILES string of the molecule is NCc1c(C(=O)O)nnn1CCc1ccncc1. The third-order valence-corrected chi connectivity index (χ3v) is 2.60. The average molecular weight is 247 g/mol. The van der Waals surface area contributed by atoms with E-state index in [4.69, 9.17) is 10.8 Å². The molecule has 0 aliphatic rings. The maximum absolute atomic E-state index is 10.9. The van der Waals surface area contributed by atoms with Gasteiger partial charge in [0.2, 0.25) is 0 Å². The van der Waals surface area contributed by atoms with Crippen LogP contribution in [0, 0.1) is 0 Å². The van der Waals surface area contributed by atoms with Crippen molar-refractivity contribution in [2.75, 3.05) is 0 Å². The summed E-state index contributed by atoms with van der Waals surface area (Å²) in [5, 5.41) is 16.3. The van der Waals surface area contributed by atoms with Gasteiger partial charge in [-0.2, -0.15) is 0 Å². The van der Waals surface area contributed by atoms with Crippen LogP contribution in [-0.4, -0.2) is 31.1 Å². The van der Waals surface area contributed by atoms with Gasteiger partial charge in [0.1, 0.15) is 0 Å². The average Bonchev–Trinajstić information content (AvgIpc) is 2.80. The van der Waals surface area contributed by atoms with Crippen molar-refractivity contribution in [2.45, 2.75) is 19.5 Å². The van der Waals surface area contributed by atoms with Crippen molar-refractivity contribution in [3.63, 3.8) is 0 Å². The second-order valence-corrected chi connectivity index (χ2v) is 3.72. The largest absolute Gasteiger partial charge is 0.476 e. The maximum Gasteiger partial charge on any atom is 0.358 e. The van der Waals surface area contributed by atoms with Crippen LogP contribution in [0.5, 0.6) is 0 Å². The molecule has 2 aromatic rings. The number of pyridine rings is 1. The molecule has 18 heavy (non-hydrogen) atoms. The van der Waals surface area contributed by atoms with E-state index in [1.165, 1.54) is 4.68 Å². The molecule has 0 fully saturated rings. The Kier molecular flexibility index (Phi) is 3.63. The number of rotatable bonds is 5. The Labute approximate surface area is 103 Å². The van der Waals surface area contributed by atoms with Gasteiger partial charge in [0, 0.05) is 25.5 Å². The molecule has 0 saturated carbocycles. The van der Waals surface area contributed by atoms with E-state index in [0.29, 0.717) is 12.2 Å². The number of nitrogens with zero attached hydrogens (tertiary/aromatic N) is 4. The first-order chi connectivity index (χ1) is 8.72. The van der Waals surface area contributed by atoms with E-state index >= 15 is 0 Å². The molecule has 0 spiro atoms. The van der Waals surface area contributed by atoms with E-state index in [-0.39, 0.29) is 12.2 Å². The number of hydrogen-bond donors (Lipinski definition) is 2. The Bertz CT molecular complexity index is 538. The number of aromatic nitrogens is 4. The van der Waals surface area contributed by atoms with Crippen LogP contribution in [0.4, 0.5) is 0 Å². The van der Waals surface area contributed by atoms with Crippen LogP contribution in [0.2, 0.25) is 0 Å². The molecule has 0 amide bonds. The predicted molar refractivity (Wildman–Crippen MR) is 62.8 cm³/mol. The Morgan fingerprint density at radius 3 is 2.72 bits per heavy atom. The van der Waals surface area contributed by atoms with E-state index in [2.05, 4.69) is 15.3 Å². The summed E-state index contributed by atoms with van der Waals surface area (Å²) in [7, 11) is 0. The van der Waals surface area contributed by atoms with Crippen molar-refractivity contribution in [1.29, 1.82) is 0 Å². The van der Waals surface area contributed by atoms with Gasteiger partial charge in [-0.05, 0) is 24.1 Å². The molecule has 0 aliphatic heterocycles. The molecule has 2 heterocycles. The summed E-state index contributed by atoms with van der Waals surface area (Å²) in [5.74, 6) is -1.11. The Balaban J connectivity index is 2.12. The first-order valence-corrected chi connectivity index (χ1v) is 5.47. The molecule has 7 nitrogen and oxygen atoms in total. The van der Waals surface area contributed by atoms with Crippen LogP contribution < -0.4 is 5.73 Å². The standard InChI is InChI=1S/C11H13N5O2/c12-7-9-10(11(17)18)14-15-16(9)6-3-8-1-4-13-5-2-8/h1-2,4-5H,3,6-7,12H2,(H,17,18). The lowest BCUT2D eigenvalue weighted by Crippen LogP contribution is -2.13.